The lowest BCUT2D eigenvalue weighted by atomic mass is 9.98. The van der Waals surface area contributed by atoms with Crippen LogP contribution < -0.4 is 0 Å². The maximum absolute atomic E-state index is 11.6. The number of rotatable bonds is 13. The highest BCUT2D eigenvalue weighted by Crippen LogP contribution is 2.10. The minimum absolute atomic E-state index is 0.0333. The molecule has 0 aromatic carbocycles. The maximum atomic E-state index is 11.6. The number of unbranched alkanes of at least 4 members (excludes halogenated alkanes) is 6. The summed E-state index contributed by atoms with van der Waals surface area (Å²) in [5, 5.41) is 36.6. The van der Waals surface area contributed by atoms with Crippen LogP contribution in [-0.2, 0) is 9.59 Å². The van der Waals surface area contributed by atoms with Gasteiger partial charge in [-0.1, -0.05) is 45.4 Å². The summed E-state index contributed by atoms with van der Waals surface area (Å²) in [7, 11) is 0. The zero-order chi connectivity index (χ0) is 16.3. The van der Waals surface area contributed by atoms with Crippen LogP contribution in [0.4, 0.5) is 0 Å². The lowest BCUT2D eigenvalue weighted by Crippen LogP contribution is -2.46. The van der Waals surface area contributed by atoms with Crippen LogP contribution in [0.15, 0.2) is 0 Å². The zero-order valence-corrected chi connectivity index (χ0v) is 12.7. The Hall–Kier alpha value is -0.820. The van der Waals surface area contributed by atoms with Gasteiger partial charge in [-0.2, -0.15) is 0 Å². The van der Waals surface area contributed by atoms with Crippen LogP contribution in [0.2, 0.25) is 0 Å². The molecule has 0 aliphatic heterocycles. The molecular formula is C15H28O6. The highest BCUT2D eigenvalue weighted by atomic mass is 16.4. The van der Waals surface area contributed by atoms with Crippen molar-refractivity contribution < 1.29 is 30.0 Å². The van der Waals surface area contributed by atoms with E-state index in [2.05, 4.69) is 6.92 Å². The molecular weight excluding hydrogens is 276 g/mol. The summed E-state index contributed by atoms with van der Waals surface area (Å²) in [5.74, 6) is -1.86. The molecule has 6 heteroatoms. The second-order valence-corrected chi connectivity index (χ2v) is 5.34. The third-order valence-electron chi connectivity index (χ3n) is 3.46. The monoisotopic (exact) mass is 304 g/mol. The molecule has 6 nitrogen and oxygen atoms in total. The van der Waals surface area contributed by atoms with E-state index in [1.807, 2.05) is 0 Å². The van der Waals surface area contributed by atoms with Gasteiger partial charge in [0.1, 0.15) is 18.3 Å². The van der Waals surface area contributed by atoms with E-state index in [1.165, 1.54) is 19.3 Å². The summed E-state index contributed by atoms with van der Waals surface area (Å²) in [5.41, 5.74) is 0. The van der Waals surface area contributed by atoms with Gasteiger partial charge in [-0.25, -0.2) is 0 Å². The molecule has 3 atom stereocenters. The highest BCUT2D eigenvalue weighted by Gasteiger charge is 2.33. The summed E-state index contributed by atoms with van der Waals surface area (Å²) >= 11 is 0. The molecule has 21 heavy (non-hydrogen) atoms. The molecule has 0 amide bonds. The van der Waals surface area contributed by atoms with Crippen molar-refractivity contribution in [3.05, 3.63) is 0 Å². The predicted molar refractivity (Wildman–Crippen MR) is 77.7 cm³/mol. The van der Waals surface area contributed by atoms with Gasteiger partial charge >= 0.3 is 0 Å². The fourth-order valence-corrected chi connectivity index (χ4v) is 2.00. The second kappa shape index (κ2) is 11.8. The molecule has 0 aromatic rings. The molecule has 0 aliphatic rings. The Labute approximate surface area is 125 Å². The van der Waals surface area contributed by atoms with Crippen molar-refractivity contribution in [2.75, 3.05) is 6.61 Å². The minimum Gasteiger partial charge on any atom is -0.394 e. The Morgan fingerprint density at radius 1 is 0.905 bits per heavy atom. The van der Waals surface area contributed by atoms with Crippen molar-refractivity contribution >= 4 is 11.6 Å². The Morgan fingerprint density at radius 2 is 1.43 bits per heavy atom. The van der Waals surface area contributed by atoms with Crippen LogP contribution in [0.5, 0.6) is 0 Å². The quantitative estimate of drug-likeness (QED) is 0.288. The Balaban J connectivity index is 3.92. The van der Waals surface area contributed by atoms with Gasteiger partial charge in [0.15, 0.2) is 0 Å². The molecule has 0 saturated carbocycles. The van der Waals surface area contributed by atoms with E-state index in [9.17, 15) is 19.8 Å². The van der Waals surface area contributed by atoms with Gasteiger partial charge in [-0.3, -0.25) is 9.59 Å². The number of ketones is 2. The second-order valence-electron chi connectivity index (χ2n) is 5.34. The van der Waals surface area contributed by atoms with Crippen molar-refractivity contribution in [2.24, 2.45) is 0 Å². The normalized spacial score (nSPS) is 15.5. The van der Waals surface area contributed by atoms with Crippen LogP contribution in [0.3, 0.4) is 0 Å². The summed E-state index contributed by atoms with van der Waals surface area (Å²) < 4.78 is 0. The first kappa shape index (κ1) is 20.2. The minimum atomic E-state index is -1.98. The number of hydrogen-bond acceptors (Lipinski definition) is 6. The van der Waals surface area contributed by atoms with Gasteiger partial charge in [0.2, 0.25) is 11.6 Å². The SMILES string of the molecule is CCCCCCCCCC(=O)C(=O)[C@H](O)[C@@H](O)[C@H](O)CO. The predicted octanol–water partition coefficient (Wildman–Crippen LogP) is 0.340. The smallest absolute Gasteiger partial charge is 0.229 e. The van der Waals surface area contributed by atoms with E-state index in [1.54, 1.807) is 0 Å². The zero-order valence-electron chi connectivity index (χ0n) is 12.7. The first-order valence-corrected chi connectivity index (χ1v) is 7.67. The molecule has 0 aliphatic carbocycles. The molecule has 4 N–H and O–H groups in total. The van der Waals surface area contributed by atoms with Gasteiger partial charge in [0.05, 0.1) is 6.61 Å². The summed E-state index contributed by atoms with van der Waals surface area (Å²) in [6.45, 7) is 1.34. The first-order valence-electron chi connectivity index (χ1n) is 7.67. The van der Waals surface area contributed by atoms with Crippen molar-refractivity contribution in [2.45, 2.75) is 76.6 Å². The Bertz CT molecular complexity index is 305. The lowest BCUT2D eigenvalue weighted by Gasteiger charge is -2.19. The van der Waals surface area contributed by atoms with Crippen LogP contribution in [0.25, 0.3) is 0 Å². The maximum Gasteiger partial charge on any atom is 0.229 e. The number of aliphatic hydroxyl groups is 4. The fourth-order valence-electron chi connectivity index (χ4n) is 2.00. The summed E-state index contributed by atoms with van der Waals surface area (Å²) in [6.07, 6.45) is 1.65. The van der Waals surface area contributed by atoms with Crippen LogP contribution in [0.1, 0.15) is 58.3 Å². The van der Waals surface area contributed by atoms with E-state index >= 15 is 0 Å². The molecule has 124 valence electrons. The summed E-state index contributed by atoms with van der Waals surface area (Å²) in [6, 6.07) is 0. The van der Waals surface area contributed by atoms with Gasteiger partial charge in [-0.15, -0.1) is 0 Å². The molecule has 0 fully saturated rings. The van der Waals surface area contributed by atoms with Crippen molar-refractivity contribution in [1.82, 2.24) is 0 Å². The van der Waals surface area contributed by atoms with Crippen molar-refractivity contribution in [3.8, 4) is 0 Å². The van der Waals surface area contributed by atoms with E-state index in [4.69, 9.17) is 10.2 Å². The molecule has 0 saturated heterocycles. The lowest BCUT2D eigenvalue weighted by molar-refractivity contribution is -0.150. The van der Waals surface area contributed by atoms with E-state index in [-0.39, 0.29) is 6.42 Å². The molecule has 0 rings (SSSR count). The molecule has 0 heterocycles. The van der Waals surface area contributed by atoms with Crippen LogP contribution in [-0.4, -0.2) is 56.9 Å². The van der Waals surface area contributed by atoms with Crippen LogP contribution >= 0.6 is 0 Å². The largest absolute Gasteiger partial charge is 0.394 e. The van der Waals surface area contributed by atoms with Gasteiger partial charge in [0.25, 0.3) is 0 Å². The third-order valence-corrected chi connectivity index (χ3v) is 3.46. The van der Waals surface area contributed by atoms with Crippen LogP contribution in [0, 0.1) is 0 Å². The Kier molecular flexibility index (Phi) is 11.3. The molecule has 0 bridgehead atoms. The number of carbonyl (C=O) groups is 2. The van der Waals surface area contributed by atoms with E-state index in [0.29, 0.717) is 6.42 Å². The van der Waals surface area contributed by atoms with Crippen molar-refractivity contribution in [3.63, 3.8) is 0 Å². The van der Waals surface area contributed by atoms with Crippen molar-refractivity contribution in [1.29, 1.82) is 0 Å². The highest BCUT2D eigenvalue weighted by molar-refractivity contribution is 6.38. The number of Topliss-reactive ketones (excluding diaryl/α,β-unsaturated/α-hetero) is 2. The third kappa shape index (κ3) is 8.26. The van der Waals surface area contributed by atoms with E-state index < -0.39 is 36.5 Å². The van der Waals surface area contributed by atoms with Gasteiger partial charge < -0.3 is 20.4 Å². The average Bonchev–Trinajstić information content (AvgIpc) is 2.50. The molecule has 0 radical (unpaired) electrons. The van der Waals surface area contributed by atoms with E-state index in [0.717, 1.165) is 19.3 Å². The Morgan fingerprint density at radius 3 is 1.95 bits per heavy atom. The molecule has 0 spiro atoms. The molecule has 0 unspecified atom stereocenters. The fraction of sp³-hybridized carbons (Fsp3) is 0.867. The number of aliphatic hydroxyl groups excluding tert-OH is 4. The van der Waals surface area contributed by atoms with Gasteiger partial charge in [-0.05, 0) is 6.42 Å². The first-order chi connectivity index (χ1) is 9.95. The topological polar surface area (TPSA) is 115 Å². The standard InChI is InChI=1S/C15H28O6/c1-2-3-4-5-6-7-8-9-11(17)13(19)15(21)14(20)12(18)10-16/h12,14-16,18,20-21H,2-10H2,1H3/t12-,14+,15+/m1/s1. The number of hydrogen-bond donors (Lipinski definition) is 4. The number of carbonyl (C=O) groups excluding carboxylic acids is 2. The molecule has 0 aromatic heterocycles. The average molecular weight is 304 g/mol. The van der Waals surface area contributed by atoms with Gasteiger partial charge in [0, 0.05) is 6.42 Å². The summed E-state index contributed by atoms with van der Waals surface area (Å²) in [4.78, 5) is 23.1.